The van der Waals surface area contributed by atoms with Crippen molar-refractivity contribution in [3.05, 3.63) is 166 Å². The van der Waals surface area contributed by atoms with E-state index in [1.54, 1.807) is 18.2 Å². The summed E-state index contributed by atoms with van der Waals surface area (Å²) in [7, 11) is 0. The van der Waals surface area contributed by atoms with E-state index in [1.165, 1.54) is 0 Å². The molecule has 0 aromatic heterocycles. The fraction of sp³-hybridized carbons (Fsp3) is 0. The Bertz CT molecular complexity index is 1750. The number of hydrogen-bond acceptors (Lipinski definition) is 2. The summed E-state index contributed by atoms with van der Waals surface area (Å²) in [6, 6.07) is 39.6. The van der Waals surface area contributed by atoms with Crippen molar-refractivity contribution in [1.82, 2.24) is 0 Å². The average Bonchev–Trinajstić information content (AvgIpc) is 3.06. The Kier molecular flexibility index (Phi) is 9.56. The molecule has 204 valence electrons. The Hall–Kier alpha value is -5.42. The van der Waals surface area contributed by atoms with Crippen LogP contribution in [-0.4, -0.2) is 0 Å². The molecule has 0 amide bonds. The largest absolute Gasteiger partial charge is 0.233 e. The molecule has 4 heteroatoms. The van der Waals surface area contributed by atoms with Crippen LogP contribution in [0, 0.1) is 0 Å². The van der Waals surface area contributed by atoms with Gasteiger partial charge in [0.1, 0.15) is 0 Å². The molecule has 0 fully saturated rings. The first kappa shape index (κ1) is 28.1. The second kappa shape index (κ2) is 14.3. The van der Waals surface area contributed by atoms with E-state index in [2.05, 4.69) is 72.9 Å². The Morgan fingerprint density at radius 2 is 0.714 bits per heavy atom. The van der Waals surface area contributed by atoms with Gasteiger partial charge in [-0.15, -0.1) is 0 Å². The minimum absolute atomic E-state index is 0.540. The zero-order chi connectivity index (χ0) is 29.0. The van der Waals surface area contributed by atoms with E-state index in [-0.39, 0.29) is 0 Å². The highest BCUT2D eigenvalue weighted by Gasteiger charge is 2.00. The van der Waals surface area contributed by atoms with E-state index in [0.717, 1.165) is 44.5 Å². The first-order chi connectivity index (χ1) is 20.7. The Labute approximate surface area is 246 Å². The molecule has 5 aromatic carbocycles. The molecule has 4 nitrogen and oxygen atoms in total. The minimum Gasteiger partial charge on any atom is -0.233 e. The number of rotatable bonds is 10. The maximum Gasteiger partial charge on any atom is 0.0641 e. The van der Waals surface area contributed by atoms with Crippen LogP contribution in [0.5, 0.6) is 0 Å². The van der Waals surface area contributed by atoms with Gasteiger partial charge in [-0.05, 0) is 68.8 Å². The normalized spacial score (nSPS) is 11.7. The predicted octanol–water partition coefficient (Wildman–Crippen LogP) is 9.88. The number of anilines is 2. The number of benzene rings is 5. The number of nitrogens with one attached hydrogen (secondary N) is 2. The molecule has 0 unspecified atom stereocenters. The van der Waals surface area contributed by atoms with Crippen LogP contribution in [-0.2, 0) is 10.4 Å². The van der Waals surface area contributed by atoms with Crippen molar-refractivity contribution < 1.29 is 10.4 Å². The smallest absolute Gasteiger partial charge is 0.0641 e. The third-order valence-corrected chi connectivity index (χ3v) is 6.82. The summed E-state index contributed by atoms with van der Waals surface area (Å²) in [6.45, 7) is 0. The van der Waals surface area contributed by atoms with E-state index < -0.39 is 0 Å². The van der Waals surface area contributed by atoms with Crippen molar-refractivity contribution in [2.24, 2.45) is 0 Å². The average molecular weight is 547 g/mol. The SMILES string of the molecule is [O]Nc1ccc(/C=C/c2ccccc2/C=C\c2ccccc2/C=C/c2ccccc2/C=C/c2cccc(N[O])c2)cc1. The highest BCUT2D eigenvalue weighted by molar-refractivity contribution is 5.84. The molecule has 0 saturated carbocycles. The molecular weight excluding hydrogens is 516 g/mol. The molecule has 0 aliphatic rings. The monoisotopic (exact) mass is 546 g/mol. The summed E-state index contributed by atoms with van der Waals surface area (Å²) in [4.78, 5) is 0. The van der Waals surface area contributed by atoms with Gasteiger partial charge in [-0.2, -0.15) is 0 Å². The lowest BCUT2D eigenvalue weighted by molar-refractivity contribution is 0.274. The summed E-state index contributed by atoms with van der Waals surface area (Å²) in [5, 5.41) is 21.8. The quantitative estimate of drug-likeness (QED) is 0.135. The first-order valence-corrected chi connectivity index (χ1v) is 13.7. The summed E-state index contributed by atoms with van der Waals surface area (Å²) in [5.41, 5.74) is 13.5. The van der Waals surface area contributed by atoms with Gasteiger partial charge in [0.25, 0.3) is 0 Å². The van der Waals surface area contributed by atoms with Crippen LogP contribution in [0.25, 0.3) is 48.6 Å². The maximum absolute atomic E-state index is 11.0. The van der Waals surface area contributed by atoms with Crippen LogP contribution in [0.15, 0.2) is 121 Å². The molecule has 0 saturated heterocycles. The lowest BCUT2D eigenvalue weighted by atomic mass is 10.0. The molecule has 0 spiro atoms. The van der Waals surface area contributed by atoms with Crippen molar-refractivity contribution in [1.29, 1.82) is 0 Å². The van der Waals surface area contributed by atoms with Gasteiger partial charge in [0.05, 0.1) is 11.4 Å². The fourth-order valence-corrected chi connectivity index (χ4v) is 4.54. The highest BCUT2D eigenvalue weighted by Crippen LogP contribution is 2.22. The van der Waals surface area contributed by atoms with Gasteiger partial charge in [0.15, 0.2) is 0 Å². The first-order valence-electron chi connectivity index (χ1n) is 13.7. The molecule has 5 aromatic rings. The van der Waals surface area contributed by atoms with E-state index in [4.69, 9.17) is 0 Å². The molecular formula is C38H30N2O2. The third kappa shape index (κ3) is 7.61. The lowest BCUT2D eigenvalue weighted by Crippen LogP contribution is -1.86. The Morgan fingerprint density at radius 3 is 1.12 bits per heavy atom. The third-order valence-electron chi connectivity index (χ3n) is 6.82. The highest BCUT2D eigenvalue weighted by atomic mass is 16.5. The molecule has 42 heavy (non-hydrogen) atoms. The van der Waals surface area contributed by atoms with Crippen molar-refractivity contribution in [3.8, 4) is 0 Å². The molecule has 5 rings (SSSR count). The maximum atomic E-state index is 11.0. The summed E-state index contributed by atoms with van der Waals surface area (Å²) in [6.07, 6.45) is 16.8. The molecule has 0 aliphatic carbocycles. The molecule has 0 aliphatic heterocycles. The van der Waals surface area contributed by atoms with E-state index in [1.807, 2.05) is 89.8 Å². The van der Waals surface area contributed by atoms with Crippen molar-refractivity contribution in [2.45, 2.75) is 0 Å². The summed E-state index contributed by atoms with van der Waals surface area (Å²) < 4.78 is 0. The summed E-state index contributed by atoms with van der Waals surface area (Å²) >= 11 is 0. The van der Waals surface area contributed by atoms with Gasteiger partial charge < -0.3 is 0 Å². The topological polar surface area (TPSA) is 63.9 Å². The van der Waals surface area contributed by atoms with E-state index in [0.29, 0.717) is 11.4 Å². The van der Waals surface area contributed by atoms with E-state index in [9.17, 15) is 10.4 Å². The van der Waals surface area contributed by atoms with Crippen molar-refractivity contribution in [3.63, 3.8) is 0 Å². The van der Waals surface area contributed by atoms with E-state index >= 15 is 0 Å². The van der Waals surface area contributed by atoms with Crippen LogP contribution in [0.4, 0.5) is 11.4 Å². The van der Waals surface area contributed by atoms with Gasteiger partial charge in [-0.3, -0.25) is 0 Å². The standard InChI is InChI=1S/C38H30N2O2/c41-39-37-26-18-29(19-27-37)16-20-31-9-1-3-11-33(31)22-24-35-13-5-6-14-36(35)25-23-34-12-4-2-10-32(34)21-17-30-8-7-15-38(28-30)40-42/h1-28,39-40H/b20-16+,21-17+,24-22-,25-23+. The zero-order valence-corrected chi connectivity index (χ0v) is 23.0. The summed E-state index contributed by atoms with van der Waals surface area (Å²) in [5.74, 6) is 0. The lowest BCUT2D eigenvalue weighted by Gasteiger charge is -2.05. The molecule has 0 bridgehead atoms. The molecule has 0 atom stereocenters. The van der Waals surface area contributed by atoms with Gasteiger partial charge in [0.2, 0.25) is 0 Å². The Morgan fingerprint density at radius 1 is 0.333 bits per heavy atom. The Balaban J connectivity index is 1.35. The van der Waals surface area contributed by atoms with Gasteiger partial charge in [0, 0.05) is 0 Å². The van der Waals surface area contributed by atoms with Gasteiger partial charge in [-0.25, -0.2) is 11.0 Å². The fourth-order valence-electron chi connectivity index (χ4n) is 4.54. The minimum atomic E-state index is 0.540. The number of hydrogen-bond donors (Lipinski definition) is 2. The zero-order valence-electron chi connectivity index (χ0n) is 23.0. The van der Waals surface area contributed by atoms with Crippen LogP contribution in [0.2, 0.25) is 0 Å². The van der Waals surface area contributed by atoms with Crippen LogP contribution < -0.4 is 11.0 Å². The van der Waals surface area contributed by atoms with Crippen molar-refractivity contribution in [2.75, 3.05) is 11.0 Å². The predicted molar refractivity (Wildman–Crippen MR) is 177 cm³/mol. The second-order valence-corrected chi connectivity index (χ2v) is 9.67. The molecule has 0 heterocycles. The molecule has 2 radical (unpaired) electrons. The molecule has 2 N–H and O–H groups in total. The van der Waals surface area contributed by atoms with Gasteiger partial charge in [-0.1, -0.05) is 156 Å². The second-order valence-electron chi connectivity index (χ2n) is 9.67. The van der Waals surface area contributed by atoms with Crippen LogP contribution in [0.1, 0.15) is 44.5 Å². The van der Waals surface area contributed by atoms with Crippen LogP contribution in [0.3, 0.4) is 0 Å². The van der Waals surface area contributed by atoms with Crippen LogP contribution >= 0.6 is 0 Å². The van der Waals surface area contributed by atoms with Crippen molar-refractivity contribution >= 4 is 60.0 Å². The van der Waals surface area contributed by atoms with Gasteiger partial charge >= 0.3 is 0 Å².